The molecule has 1 aromatic carbocycles. The maximum atomic E-state index is 11.4. The molecule has 0 amide bonds. The lowest BCUT2D eigenvalue weighted by Gasteiger charge is -2.22. The van der Waals surface area contributed by atoms with Crippen LogP contribution in [0.5, 0.6) is 0 Å². The maximum absolute atomic E-state index is 11.4. The zero-order chi connectivity index (χ0) is 14.3. The minimum absolute atomic E-state index is 0.0191. The molecule has 0 saturated carbocycles. The molecule has 1 N–H and O–H groups in total. The van der Waals surface area contributed by atoms with Crippen LogP contribution in [-0.4, -0.2) is 25.7 Å². The van der Waals surface area contributed by atoms with E-state index in [0.29, 0.717) is 12.0 Å². The fraction of sp³-hybridized carbons (Fsp3) is 0.571. The van der Waals surface area contributed by atoms with Gasteiger partial charge in [-0.3, -0.25) is 4.55 Å². The van der Waals surface area contributed by atoms with Gasteiger partial charge in [-0.25, -0.2) is 0 Å². The predicted molar refractivity (Wildman–Crippen MR) is 72.8 cm³/mol. The lowest BCUT2D eigenvalue weighted by atomic mass is 9.83. The molecule has 19 heavy (non-hydrogen) atoms. The van der Waals surface area contributed by atoms with Crippen molar-refractivity contribution in [2.24, 2.45) is 5.41 Å². The Kier molecular flexibility index (Phi) is 3.73. The predicted octanol–water partition coefficient (Wildman–Crippen LogP) is 2.60. The molecular weight excluding hydrogens is 264 g/mol. The molecule has 106 valence electrons. The minimum atomic E-state index is -4.15. The lowest BCUT2D eigenvalue weighted by molar-refractivity contribution is 0.227. The Morgan fingerprint density at radius 2 is 2.05 bits per heavy atom. The van der Waals surface area contributed by atoms with E-state index in [1.54, 1.807) is 6.07 Å². The molecule has 0 aliphatic carbocycles. The van der Waals surface area contributed by atoms with Crippen LogP contribution in [0.2, 0.25) is 0 Å². The van der Waals surface area contributed by atoms with Crippen molar-refractivity contribution < 1.29 is 17.7 Å². The van der Waals surface area contributed by atoms with E-state index in [1.165, 1.54) is 6.07 Å². The zero-order valence-corrected chi connectivity index (χ0v) is 12.3. The summed E-state index contributed by atoms with van der Waals surface area (Å²) in [5.41, 5.74) is 1.69. The van der Waals surface area contributed by atoms with E-state index >= 15 is 0 Å². The highest BCUT2D eigenvalue weighted by Crippen LogP contribution is 2.36. The fourth-order valence-corrected chi connectivity index (χ4v) is 3.00. The summed E-state index contributed by atoms with van der Waals surface area (Å²) in [6.45, 7) is 6.93. The van der Waals surface area contributed by atoms with Crippen LogP contribution >= 0.6 is 0 Å². The Labute approximate surface area is 114 Å². The van der Waals surface area contributed by atoms with E-state index < -0.39 is 10.1 Å². The van der Waals surface area contributed by atoms with Crippen molar-refractivity contribution in [1.29, 1.82) is 0 Å². The molecule has 0 aromatic heterocycles. The van der Waals surface area contributed by atoms with E-state index in [-0.39, 0.29) is 16.4 Å². The first kappa shape index (κ1) is 14.5. The largest absolute Gasteiger partial charge is 0.373 e. The molecule has 0 spiro atoms. The van der Waals surface area contributed by atoms with Gasteiger partial charge in [-0.05, 0) is 36.8 Å². The molecule has 1 saturated heterocycles. The molecule has 1 aliphatic rings. The highest BCUT2D eigenvalue weighted by Gasteiger charge is 2.39. The van der Waals surface area contributed by atoms with Gasteiger partial charge in [0.05, 0.1) is 17.6 Å². The summed E-state index contributed by atoms with van der Waals surface area (Å²) in [5.74, 6) is 0. The van der Waals surface area contributed by atoms with Gasteiger partial charge in [0.1, 0.15) is 0 Å². The SMILES string of the molecule is Cc1ccc(S(=O)(=O)O)c(CCC(C)(C)C2CO2)c1. The van der Waals surface area contributed by atoms with E-state index in [1.807, 2.05) is 13.0 Å². The summed E-state index contributed by atoms with van der Waals surface area (Å²) in [4.78, 5) is 0.0191. The van der Waals surface area contributed by atoms with Crippen LogP contribution in [0, 0.1) is 12.3 Å². The van der Waals surface area contributed by atoms with Gasteiger partial charge in [0.2, 0.25) is 0 Å². The quantitative estimate of drug-likeness (QED) is 0.666. The summed E-state index contributed by atoms with van der Waals surface area (Å²) in [7, 11) is -4.15. The molecule has 4 nitrogen and oxygen atoms in total. The first-order valence-electron chi connectivity index (χ1n) is 6.39. The molecule has 5 heteroatoms. The van der Waals surface area contributed by atoms with Crippen LogP contribution in [0.25, 0.3) is 0 Å². The summed E-state index contributed by atoms with van der Waals surface area (Å²) >= 11 is 0. The van der Waals surface area contributed by atoms with Crippen molar-refractivity contribution in [3.8, 4) is 0 Å². The molecule has 2 rings (SSSR count). The van der Waals surface area contributed by atoms with Crippen molar-refractivity contribution in [3.05, 3.63) is 29.3 Å². The Morgan fingerprint density at radius 1 is 1.42 bits per heavy atom. The van der Waals surface area contributed by atoms with Crippen molar-refractivity contribution in [2.75, 3.05) is 6.61 Å². The number of epoxide rings is 1. The first-order valence-corrected chi connectivity index (χ1v) is 7.83. The van der Waals surface area contributed by atoms with Crippen molar-refractivity contribution in [2.45, 2.75) is 44.6 Å². The third kappa shape index (κ3) is 3.55. The zero-order valence-electron chi connectivity index (χ0n) is 11.5. The lowest BCUT2D eigenvalue weighted by Crippen LogP contribution is -2.20. The maximum Gasteiger partial charge on any atom is 0.294 e. The Bertz CT molecular complexity index is 571. The molecule has 1 fully saturated rings. The van der Waals surface area contributed by atoms with E-state index in [0.717, 1.165) is 18.6 Å². The standard InChI is InChI=1S/C14H20O4S/c1-10-4-5-12(19(15,16)17)11(8-10)6-7-14(2,3)13-9-18-13/h4-5,8,13H,6-7,9H2,1-3H3,(H,15,16,17). The van der Waals surface area contributed by atoms with Crippen molar-refractivity contribution in [3.63, 3.8) is 0 Å². The van der Waals surface area contributed by atoms with Crippen molar-refractivity contribution >= 4 is 10.1 Å². The van der Waals surface area contributed by atoms with Gasteiger partial charge in [-0.15, -0.1) is 0 Å². The van der Waals surface area contributed by atoms with Crippen LogP contribution in [0.3, 0.4) is 0 Å². The Morgan fingerprint density at radius 3 is 2.58 bits per heavy atom. The number of hydrogen-bond donors (Lipinski definition) is 1. The average molecular weight is 284 g/mol. The molecule has 1 unspecified atom stereocenters. The number of aryl methyl sites for hydroxylation is 2. The first-order chi connectivity index (χ1) is 8.70. The molecular formula is C14H20O4S. The summed E-state index contributed by atoms with van der Waals surface area (Å²) in [5, 5.41) is 0. The molecule has 0 radical (unpaired) electrons. The van der Waals surface area contributed by atoms with Crippen LogP contribution in [0.15, 0.2) is 23.1 Å². The molecule has 1 aromatic rings. The molecule has 1 aliphatic heterocycles. The molecule has 1 heterocycles. The van der Waals surface area contributed by atoms with E-state index in [9.17, 15) is 13.0 Å². The van der Waals surface area contributed by atoms with E-state index in [4.69, 9.17) is 4.74 Å². The average Bonchev–Trinajstić information content (AvgIpc) is 3.08. The minimum Gasteiger partial charge on any atom is -0.373 e. The van der Waals surface area contributed by atoms with Crippen molar-refractivity contribution in [1.82, 2.24) is 0 Å². The number of ether oxygens (including phenoxy) is 1. The summed E-state index contributed by atoms with van der Waals surface area (Å²) in [6, 6.07) is 5.00. The van der Waals surface area contributed by atoms with Gasteiger partial charge >= 0.3 is 0 Å². The van der Waals surface area contributed by atoms with Crippen LogP contribution in [0.4, 0.5) is 0 Å². The van der Waals surface area contributed by atoms with Gasteiger partial charge in [-0.2, -0.15) is 8.42 Å². The topological polar surface area (TPSA) is 66.9 Å². The Hall–Kier alpha value is -0.910. The molecule has 0 bridgehead atoms. The summed E-state index contributed by atoms with van der Waals surface area (Å²) in [6.07, 6.45) is 1.71. The third-order valence-corrected chi connectivity index (χ3v) is 4.69. The number of hydrogen-bond acceptors (Lipinski definition) is 3. The third-order valence-electron chi connectivity index (χ3n) is 3.74. The van der Waals surface area contributed by atoms with Gasteiger partial charge in [-0.1, -0.05) is 31.5 Å². The van der Waals surface area contributed by atoms with Crippen LogP contribution < -0.4 is 0 Å². The fourth-order valence-electron chi connectivity index (χ4n) is 2.27. The van der Waals surface area contributed by atoms with Gasteiger partial charge < -0.3 is 4.74 Å². The van der Waals surface area contributed by atoms with Crippen LogP contribution in [0.1, 0.15) is 31.4 Å². The Balaban J connectivity index is 2.21. The van der Waals surface area contributed by atoms with Gasteiger partial charge in [0.15, 0.2) is 0 Å². The highest BCUT2D eigenvalue weighted by atomic mass is 32.2. The highest BCUT2D eigenvalue weighted by molar-refractivity contribution is 7.85. The molecule has 1 atom stereocenters. The number of rotatable bonds is 5. The van der Waals surface area contributed by atoms with Gasteiger partial charge in [0, 0.05) is 0 Å². The van der Waals surface area contributed by atoms with E-state index in [2.05, 4.69) is 13.8 Å². The summed E-state index contributed by atoms with van der Waals surface area (Å²) < 4.78 is 37.3. The monoisotopic (exact) mass is 284 g/mol. The second-order valence-electron chi connectivity index (χ2n) is 5.90. The number of benzene rings is 1. The second-order valence-corrected chi connectivity index (χ2v) is 7.29. The van der Waals surface area contributed by atoms with Gasteiger partial charge in [0.25, 0.3) is 10.1 Å². The van der Waals surface area contributed by atoms with Crippen LogP contribution in [-0.2, 0) is 21.3 Å². The smallest absolute Gasteiger partial charge is 0.294 e. The normalized spacial score (nSPS) is 19.5. The second kappa shape index (κ2) is 4.89.